The van der Waals surface area contributed by atoms with Crippen molar-refractivity contribution in [3.8, 4) is 11.6 Å². The molecule has 0 bridgehead atoms. The smallest absolute Gasteiger partial charge is 0.275 e. The molecule has 1 amide bonds. The summed E-state index contributed by atoms with van der Waals surface area (Å²) in [6, 6.07) is 9.24. The Morgan fingerprint density at radius 1 is 1.14 bits per heavy atom. The Bertz CT molecular complexity index is 965. The van der Waals surface area contributed by atoms with Crippen molar-refractivity contribution in [2.45, 2.75) is 19.8 Å². The molecule has 0 radical (unpaired) electrons. The van der Waals surface area contributed by atoms with Crippen LogP contribution < -0.4 is 15.0 Å². The van der Waals surface area contributed by atoms with Gasteiger partial charge in [0.05, 0.1) is 12.3 Å². The first-order chi connectivity index (χ1) is 13.7. The number of carbonyl (C=O) groups excluding carboxylic acids is 1. The van der Waals surface area contributed by atoms with Crippen LogP contribution in [0.2, 0.25) is 0 Å². The molecule has 0 saturated carbocycles. The van der Waals surface area contributed by atoms with Gasteiger partial charge in [-0.25, -0.2) is 15.0 Å². The maximum absolute atomic E-state index is 12.6. The number of imidazole rings is 1. The third-order valence-electron chi connectivity index (χ3n) is 4.58. The number of nitrogens with zero attached hydrogens (tertiary/aromatic N) is 5. The first-order valence-corrected chi connectivity index (χ1v) is 9.39. The molecule has 4 rings (SSSR count). The van der Waals surface area contributed by atoms with E-state index >= 15 is 0 Å². The van der Waals surface area contributed by atoms with Gasteiger partial charge in [-0.1, -0.05) is 12.1 Å². The summed E-state index contributed by atoms with van der Waals surface area (Å²) in [5.41, 5.74) is 0.912. The van der Waals surface area contributed by atoms with E-state index in [2.05, 4.69) is 25.2 Å². The zero-order valence-corrected chi connectivity index (χ0v) is 15.7. The van der Waals surface area contributed by atoms with Crippen LogP contribution in [-0.4, -0.2) is 45.1 Å². The van der Waals surface area contributed by atoms with Crippen LogP contribution in [0.3, 0.4) is 0 Å². The van der Waals surface area contributed by atoms with E-state index in [1.54, 1.807) is 29.5 Å². The molecule has 3 aromatic rings. The Morgan fingerprint density at radius 2 is 1.93 bits per heavy atom. The first-order valence-electron chi connectivity index (χ1n) is 9.39. The van der Waals surface area contributed by atoms with Crippen LogP contribution in [0.1, 0.15) is 30.3 Å². The maximum Gasteiger partial charge on any atom is 0.275 e. The molecule has 0 aliphatic carbocycles. The minimum absolute atomic E-state index is 0.299. The third-order valence-corrected chi connectivity index (χ3v) is 4.58. The Hall–Kier alpha value is -3.42. The molecule has 1 N–H and O–H groups in total. The molecule has 3 heterocycles. The standard InChI is InChI=1S/C20H22N6O2/c1-2-28-17-8-4-3-7-15(17)24-20(27)16-12-26(14-23-16)19-11-18(21-13-22-19)25-9-5-6-10-25/h3-4,7-8,11-14H,2,5-6,9-10H2,1H3,(H,24,27). The van der Waals surface area contributed by atoms with Gasteiger partial charge in [0.2, 0.25) is 0 Å². The van der Waals surface area contributed by atoms with Crippen LogP contribution in [-0.2, 0) is 0 Å². The van der Waals surface area contributed by atoms with E-state index in [1.165, 1.54) is 12.8 Å². The number of para-hydroxylation sites is 2. The second kappa shape index (κ2) is 8.08. The summed E-state index contributed by atoms with van der Waals surface area (Å²) in [5, 5.41) is 2.85. The fraction of sp³-hybridized carbons (Fsp3) is 0.300. The van der Waals surface area contributed by atoms with E-state index in [0.717, 1.165) is 18.9 Å². The van der Waals surface area contributed by atoms with Crippen molar-refractivity contribution in [1.82, 2.24) is 19.5 Å². The van der Waals surface area contributed by atoms with Gasteiger partial charge < -0.3 is 15.0 Å². The molecule has 1 aromatic carbocycles. The predicted octanol–water partition coefficient (Wildman–Crippen LogP) is 2.91. The summed E-state index contributed by atoms with van der Waals surface area (Å²) >= 11 is 0. The topological polar surface area (TPSA) is 85.2 Å². The van der Waals surface area contributed by atoms with Crippen molar-refractivity contribution in [2.24, 2.45) is 0 Å². The number of hydrogen-bond acceptors (Lipinski definition) is 6. The van der Waals surface area contributed by atoms with Crippen molar-refractivity contribution in [2.75, 3.05) is 29.9 Å². The van der Waals surface area contributed by atoms with E-state index in [0.29, 0.717) is 29.6 Å². The van der Waals surface area contributed by atoms with Crippen molar-refractivity contribution in [1.29, 1.82) is 0 Å². The molecule has 0 unspecified atom stereocenters. The minimum atomic E-state index is -0.306. The Balaban J connectivity index is 1.51. The molecule has 2 aromatic heterocycles. The molecule has 8 heteroatoms. The number of benzene rings is 1. The summed E-state index contributed by atoms with van der Waals surface area (Å²) in [4.78, 5) is 27.7. The van der Waals surface area contributed by atoms with Gasteiger partial charge >= 0.3 is 0 Å². The van der Waals surface area contributed by atoms with Gasteiger partial charge in [-0.05, 0) is 31.9 Å². The largest absolute Gasteiger partial charge is 0.492 e. The number of hydrogen-bond donors (Lipinski definition) is 1. The van der Waals surface area contributed by atoms with Gasteiger partial charge in [0, 0.05) is 25.4 Å². The summed E-state index contributed by atoms with van der Waals surface area (Å²) in [7, 11) is 0. The SMILES string of the molecule is CCOc1ccccc1NC(=O)c1cn(-c2cc(N3CCCC3)ncn2)cn1. The van der Waals surface area contributed by atoms with Crippen LogP contribution in [0.25, 0.3) is 5.82 Å². The summed E-state index contributed by atoms with van der Waals surface area (Å²) in [6.45, 7) is 4.44. The second-order valence-electron chi connectivity index (χ2n) is 6.48. The van der Waals surface area contributed by atoms with E-state index in [4.69, 9.17) is 4.74 Å². The fourth-order valence-electron chi connectivity index (χ4n) is 3.20. The van der Waals surface area contributed by atoms with E-state index < -0.39 is 0 Å². The average molecular weight is 378 g/mol. The highest BCUT2D eigenvalue weighted by Crippen LogP contribution is 2.24. The van der Waals surface area contributed by atoms with Gasteiger partial charge in [-0.3, -0.25) is 9.36 Å². The zero-order valence-electron chi connectivity index (χ0n) is 15.7. The molecule has 144 valence electrons. The summed E-state index contributed by atoms with van der Waals surface area (Å²) < 4.78 is 7.28. The number of ether oxygens (including phenoxy) is 1. The van der Waals surface area contributed by atoms with Crippen molar-refractivity contribution >= 4 is 17.4 Å². The van der Waals surface area contributed by atoms with Gasteiger partial charge in [0.15, 0.2) is 0 Å². The van der Waals surface area contributed by atoms with Crippen LogP contribution in [0, 0.1) is 0 Å². The lowest BCUT2D eigenvalue weighted by atomic mass is 10.3. The van der Waals surface area contributed by atoms with E-state index in [1.807, 2.05) is 31.2 Å². The number of aromatic nitrogens is 4. The predicted molar refractivity (Wildman–Crippen MR) is 106 cm³/mol. The lowest BCUT2D eigenvalue weighted by Gasteiger charge is -2.16. The zero-order chi connectivity index (χ0) is 19.3. The molecular weight excluding hydrogens is 356 g/mol. The Labute approximate surface area is 163 Å². The Kier molecular flexibility index (Phi) is 5.18. The molecule has 0 atom stereocenters. The molecule has 1 saturated heterocycles. The lowest BCUT2D eigenvalue weighted by molar-refractivity contribution is 0.102. The first kappa shape index (κ1) is 18.0. The van der Waals surface area contributed by atoms with Crippen LogP contribution in [0.5, 0.6) is 5.75 Å². The molecule has 8 nitrogen and oxygen atoms in total. The highest BCUT2D eigenvalue weighted by molar-refractivity contribution is 6.03. The third kappa shape index (κ3) is 3.80. The monoisotopic (exact) mass is 378 g/mol. The summed E-state index contributed by atoms with van der Waals surface area (Å²) in [5.74, 6) is 1.90. The number of anilines is 2. The summed E-state index contributed by atoms with van der Waals surface area (Å²) in [6.07, 6.45) is 7.14. The number of nitrogens with one attached hydrogen (secondary N) is 1. The average Bonchev–Trinajstić information content (AvgIpc) is 3.42. The molecule has 1 fully saturated rings. The number of rotatable bonds is 6. The number of amides is 1. The molecular formula is C20H22N6O2. The maximum atomic E-state index is 12.6. The van der Waals surface area contributed by atoms with Gasteiger partial charge in [-0.15, -0.1) is 0 Å². The van der Waals surface area contributed by atoms with Gasteiger partial charge in [-0.2, -0.15) is 0 Å². The van der Waals surface area contributed by atoms with Crippen molar-refractivity contribution in [3.05, 3.63) is 54.9 Å². The highest BCUT2D eigenvalue weighted by Gasteiger charge is 2.16. The van der Waals surface area contributed by atoms with Crippen LogP contribution in [0.15, 0.2) is 49.2 Å². The molecule has 28 heavy (non-hydrogen) atoms. The van der Waals surface area contributed by atoms with Gasteiger partial charge in [0.25, 0.3) is 5.91 Å². The Morgan fingerprint density at radius 3 is 2.75 bits per heavy atom. The molecule has 1 aliphatic rings. The molecule has 1 aliphatic heterocycles. The minimum Gasteiger partial charge on any atom is -0.492 e. The van der Waals surface area contributed by atoms with Crippen LogP contribution in [0.4, 0.5) is 11.5 Å². The lowest BCUT2D eigenvalue weighted by Crippen LogP contribution is -2.19. The number of carbonyl (C=O) groups is 1. The van der Waals surface area contributed by atoms with Crippen molar-refractivity contribution < 1.29 is 9.53 Å². The van der Waals surface area contributed by atoms with Crippen LogP contribution >= 0.6 is 0 Å². The second-order valence-corrected chi connectivity index (χ2v) is 6.48. The molecule has 0 spiro atoms. The van der Waals surface area contributed by atoms with E-state index in [-0.39, 0.29) is 5.91 Å². The highest BCUT2D eigenvalue weighted by atomic mass is 16.5. The normalized spacial score (nSPS) is 13.5. The van der Waals surface area contributed by atoms with Crippen molar-refractivity contribution in [3.63, 3.8) is 0 Å². The quantitative estimate of drug-likeness (QED) is 0.710. The fourth-order valence-corrected chi connectivity index (χ4v) is 3.20. The van der Waals surface area contributed by atoms with Gasteiger partial charge in [0.1, 0.15) is 35.7 Å². The van der Waals surface area contributed by atoms with E-state index in [9.17, 15) is 4.79 Å².